The molecule has 1 aliphatic carbocycles. The quantitative estimate of drug-likeness (QED) is 0.792. The van der Waals surface area contributed by atoms with Crippen molar-refractivity contribution in [2.24, 2.45) is 5.92 Å². The molecule has 2 aliphatic rings. The lowest BCUT2D eigenvalue weighted by Crippen LogP contribution is -2.30. The third-order valence-corrected chi connectivity index (χ3v) is 4.56. The highest BCUT2D eigenvalue weighted by molar-refractivity contribution is 6.01. The second-order valence-electron chi connectivity index (χ2n) is 6.45. The molecule has 138 valence electrons. The summed E-state index contributed by atoms with van der Waals surface area (Å²) in [4.78, 5) is 49.9. The highest BCUT2D eigenvalue weighted by atomic mass is 16.5. The molecule has 26 heavy (non-hydrogen) atoms. The van der Waals surface area contributed by atoms with Crippen LogP contribution in [0, 0.1) is 5.92 Å². The predicted octanol–water partition coefficient (Wildman–Crippen LogP) is 1.21. The predicted molar refractivity (Wildman–Crippen MR) is 90.6 cm³/mol. The molecule has 1 saturated carbocycles. The van der Waals surface area contributed by atoms with Crippen LogP contribution >= 0.6 is 0 Å². The van der Waals surface area contributed by atoms with E-state index < -0.39 is 17.9 Å². The molecule has 1 atom stereocenters. The molecule has 8 nitrogen and oxygen atoms in total. The second kappa shape index (κ2) is 7.15. The van der Waals surface area contributed by atoms with Gasteiger partial charge < -0.3 is 19.7 Å². The van der Waals surface area contributed by atoms with Gasteiger partial charge in [-0.25, -0.2) is 9.59 Å². The van der Waals surface area contributed by atoms with Crippen LogP contribution in [0.1, 0.15) is 40.0 Å². The average molecular weight is 360 g/mol. The minimum atomic E-state index is -0.637. The van der Waals surface area contributed by atoms with Gasteiger partial charge in [-0.2, -0.15) is 0 Å². The van der Waals surface area contributed by atoms with Crippen molar-refractivity contribution in [3.8, 4) is 0 Å². The Hall–Kier alpha value is -2.90. The lowest BCUT2D eigenvalue weighted by molar-refractivity contribution is -0.128. The van der Waals surface area contributed by atoms with E-state index in [-0.39, 0.29) is 41.1 Å². The fourth-order valence-electron chi connectivity index (χ4n) is 3.06. The van der Waals surface area contributed by atoms with Crippen molar-refractivity contribution < 1.29 is 28.7 Å². The summed E-state index contributed by atoms with van der Waals surface area (Å²) in [5, 5.41) is 2.69. The lowest BCUT2D eigenvalue weighted by atomic mass is 10.1. The van der Waals surface area contributed by atoms with Crippen LogP contribution in [0.3, 0.4) is 0 Å². The number of carbonyl (C=O) groups excluding carboxylic acids is 4. The van der Waals surface area contributed by atoms with Gasteiger partial charge in [-0.05, 0) is 31.0 Å². The highest BCUT2D eigenvalue weighted by Gasteiger charge is 2.41. The van der Waals surface area contributed by atoms with Crippen molar-refractivity contribution in [1.29, 1.82) is 0 Å². The van der Waals surface area contributed by atoms with Crippen molar-refractivity contribution in [2.75, 3.05) is 26.1 Å². The normalized spacial score (nSPS) is 19.2. The zero-order valence-corrected chi connectivity index (χ0v) is 14.6. The highest BCUT2D eigenvalue weighted by Crippen LogP contribution is 2.33. The molecule has 1 aromatic rings. The summed E-state index contributed by atoms with van der Waals surface area (Å²) in [6.45, 7) is 0.399. The molecule has 8 heteroatoms. The van der Waals surface area contributed by atoms with Crippen LogP contribution < -0.4 is 5.32 Å². The number of esters is 2. The molecule has 0 bridgehead atoms. The van der Waals surface area contributed by atoms with Crippen LogP contribution in [0.5, 0.6) is 0 Å². The molecule has 3 rings (SSSR count). The molecule has 0 spiro atoms. The third-order valence-electron chi connectivity index (χ3n) is 4.56. The van der Waals surface area contributed by atoms with Crippen LogP contribution in [0.4, 0.5) is 5.69 Å². The number of likely N-dealkylation sites (tertiary alicyclic amines) is 1. The standard InChI is InChI=1S/C18H20N2O6/c1-25-17(23)10-5-11(18(24)26-2)7-13(6-10)19-16(22)12-8-15(21)20(9-12)14-3-4-14/h5-7,12,14H,3-4,8-9H2,1-2H3,(H,19,22)/t12-/m1/s1. The zero-order chi connectivity index (χ0) is 18.8. The Balaban J connectivity index is 1.77. The van der Waals surface area contributed by atoms with Crippen LogP contribution in [0.15, 0.2) is 18.2 Å². The van der Waals surface area contributed by atoms with Gasteiger partial charge in [0.15, 0.2) is 0 Å². The molecule has 0 radical (unpaired) electrons. The van der Waals surface area contributed by atoms with Gasteiger partial charge in [-0.1, -0.05) is 0 Å². The number of carbonyl (C=O) groups is 4. The van der Waals surface area contributed by atoms with Crippen molar-refractivity contribution >= 4 is 29.4 Å². The Labute approximate surface area is 150 Å². The Kier molecular flexibility index (Phi) is 4.92. The van der Waals surface area contributed by atoms with E-state index in [1.807, 2.05) is 0 Å². The van der Waals surface area contributed by atoms with Crippen LogP contribution in [-0.2, 0) is 19.1 Å². The minimum Gasteiger partial charge on any atom is -0.465 e. The van der Waals surface area contributed by atoms with E-state index in [1.54, 1.807) is 4.90 Å². The van der Waals surface area contributed by atoms with E-state index in [9.17, 15) is 19.2 Å². The van der Waals surface area contributed by atoms with E-state index in [1.165, 1.54) is 32.4 Å². The van der Waals surface area contributed by atoms with Gasteiger partial charge >= 0.3 is 11.9 Å². The zero-order valence-electron chi connectivity index (χ0n) is 14.6. The van der Waals surface area contributed by atoms with E-state index in [4.69, 9.17) is 0 Å². The molecule has 1 aliphatic heterocycles. The maximum Gasteiger partial charge on any atom is 0.337 e. The first-order valence-corrected chi connectivity index (χ1v) is 8.35. The first-order valence-electron chi connectivity index (χ1n) is 8.35. The van der Waals surface area contributed by atoms with E-state index in [0.717, 1.165) is 12.8 Å². The number of ether oxygens (including phenoxy) is 2. The number of hydrogen-bond acceptors (Lipinski definition) is 6. The van der Waals surface area contributed by atoms with E-state index in [2.05, 4.69) is 14.8 Å². The summed E-state index contributed by atoms with van der Waals surface area (Å²) in [5.41, 5.74) is 0.510. The number of anilines is 1. The Bertz CT molecular complexity index is 737. The first kappa shape index (κ1) is 17.9. The molecule has 2 fully saturated rings. The van der Waals surface area contributed by atoms with Crippen molar-refractivity contribution in [1.82, 2.24) is 4.90 Å². The largest absolute Gasteiger partial charge is 0.465 e. The maximum absolute atomic E-state index is 12.5. The number of amides is 2. The van der Waals surface area contributed by atoms with Crippen LogP contribution in [0.2, 0.25) is 0 Å². The molecule has 1 N–H and O–H groups in total. The molecule has 2 amide bonds. The second-order valence-corrected chi connectivity index (χ2v) is 6.45. The Morgan fingerprint density at radius 3 is 2.12 bits per heavy atom. The summed E-state index contributed by atoms with van der Waals surface area (Å²) in [5.74, 6) is -2.05. The maximum atomic E-state index is 12.5. The SMILES string of the molecule is COC(=O)c1cc(NC(=O)[C@@H]2CC(=O)N(C3CC3)C2)cc(C(=O)OC)c1. The third kappa shape index (κ3) is 3.68. The monoisotopic (exact) mass is 360 g/mol. The van der Waals surface area contributed by atoms with Gasteiger partial charge in [0.1, 0.15) is 0 Å². The first-order chi connectivity index (χ1) is 12.4. The number of rotatable bonds is 5. The summed E-state index contributed by atoms with van der Waals surface area (Å²) < 4.78 is 9.34. The lowest BCUT2D eigenvalue weighted by Gasteiger charge is -2.15. The fraction of sp³-hybridized carbons (Fsp3) is 0.444. The van der Waals surface area contributed by atoms with Gasteiger partial charge in [0, 0.05) is 24.7 Å². The van der Waals surface area contributed by atoms with Crippen molar-refractivity contribution in [3.63, 3.8) is 0 Å². The van der Waals surface area contributed by atoms with Crippen LogP contribution in [0.25, 0.3) is 0 Å². The van der Waals surface area contributed by atoms with E-state index >= 15 is 0 Å². The van der Waals surface area contributed by atoms with Crippen molar-refractivity contribution in [2.45, 2.75) is 25.3 Å². The molecule has 1 aromatic carbocycles. The summed E-state index contributed by atoms with van der Waals surface area (Å²) >= 11 is 0. The Morgan fingerprint density at radius 2 is 1.62 bits per heavy atom. The Morgan fingerprint density at radius 1 is 1.04 bits per heavy atom. The fourth-order valence-corrected chi connectivity index (χ4v) is 3.06. The van der Waals surface area contributed by atoms with Gasteiger partial charge in [0.2, 0.25) is 11.8 Å². The number of benzene rings is 1. The topological polar surface area (TPSA) is 102 Å². The van der Waals surface area contributed by atoms with Gasteiger partial charge in [0.05, 0.1) is 31.3 Å². The number of nitrogens with zero attached hydrogens (tertiary/aromatic N) is 1. The van der Waals surface area contributed by atoms with Crippen LogP contribution in [-0.4, -0.2) is 55.5 Å². The molecule has 1 saturated heterocycles. The molecule has 1 heterocycles. The molecule has 0 unspecified atom stereocenters. The number of hydrogen-bond donors (Lipinski definition) is 1. The summed E-state index contributed by atoms with van der Waals surface area (Å²) in [6, 6.07) is 4.45. The van der Waals surface area contributed by atoms with Gasteiger partial charge in [-0.3, -0.25) is 9.59 Å². The number of methoxy groups -OCH3 is 2. The summed E-state index contributed by atoms with van der Waals surface area (Å²) in [7, 11) is 2.45. The number of nitrogens with one attached hydrogen (secondary N) is 1. The smallest absolute Gasteiger partial charge is 0.337 e. The van der Waals surface area contributed by atoms with Gasteiger partial charge in [0.25, 0.3) is 0 Å². The molecular weight excluding hydrogens is 340 g/mol. The van der Waals surface area contributed by atoms with Crippen molar-refractivity contribution in [3.05, 3.63) is 29.3 Å². The minimum absolute atomic E-state index is 0.00814. The van der Waals surface area contributed by atoms with Gasteiger partial charge in [-0.15, -0.1) is 0 Å². The molecular formula is C18H20N2O6. The van der Waals surface area contributed by atoms with E-state index in [0.29, 0.717) is 6.54 Å². The summed E-state index contributed by atoms with van der Waals surface area (Å²) in [6.07, 6.45) is 2.15. The molecule has 0 aromatic heterocycles. The average Bonchev–Trinajstić information content (AvgIpc) is 3.41.